The highest BCUT2D eigenvalue weighted by Gasteiger charge is 2.49. The van der Waals surface area contributed by atoms with E-state index in [0.717, 1.165) is 5.56 Å². The van der Waals surface area contributed by atoms with Crippen LogP contribution >= 0.6 is 0 Å². The number of benzene rings is 1. The number of nitrogens with zero attached hydrogens (tertiary/aromatic N) is 1. The van der Waals surface area contributed by atoms with E-state index in [1.54, 1.807) is 12.1 Å². The number of non-ortho nitro benzene ring substituents is 1. The van der Waals surface area contributed by atoms with Crippen molar-refractivity contribution in [3.63, 3.8) is 0 Å². The fraction of sp³-hybridized carbons (Fsp3) is 0.462. The lowest BCUT2D eigenvalue weighted by Crippen LogP contribution is -2.25. The van der Waals surface area contributed by atoms with Crippen LogP contribution in [-0.4, -0.2) is 16.8 Å². The fourth-order valence-corrected chi connectivity index (χ4v) is 1.78. The van der Waals surface area contributed by atoms with Gasteiger partial charge in [0.2, 0.25) is 0 Å². The molecule has 18 heavy (non-hydrogen) atoms. The molecule has 5 heteroatoms. The molecule has 1 aromatic rings. The molecule has 0 amide bonds. The topological polar surface area (TPSA) is 72.7 Å². The van der Waals surface area contributed by atoms with Crippen LogP contribution in [0.1, 0.15) is 32.4 Å². The third-order valence-electron chi connectivity index (χ3n) is 2.92. The molecule has 0 aliphatic carbocycles. The minimum absolute atomic E-state index is 0.0399. The highest BCUT2D eigenvalue weighted by atomic mass is 16.6. The summed E-state index contributed by atoms with van der Waals surface area (Å²) in [5, 5.41) is 10.5. The Kier molecular flexibility index (Phi) is 2.94. The quantitative estimate of drug-likeness (QED) is 0.469. The molecule has 5 nitrogen and oxygen atoms in total. The Bertz CT molecular complexity index is 487. The van der Waals surface area contributed by atoms with Gasteiger partial charge in [-0.3, -0.25) is 14.9 Å². The highest BCUT2D eigenvalue weighted by molar-refractivity contribution is 5.90. The van der Waals surface area contributed by atoms with Crippen LogP contribution < -0.4 is 0 Å². The normalized spacial score (nSPS) is 22.6. The van der Waals surface area contributed by atoms with Crippen molar-refractivity contribution < 1.29 is 14.5 Å². The molecular formula is C13H15NO4. The maximum absolute atomic E-state index is 12.0. The van der Waals surface area contributed by atoms with E-state index in [9.17, 15) is 14.9 Å². The van der Waals surface area contributed by atoms with Gasteiger partial charge in [-0.05, 0) is 17.7 Å². The molecule has 1 fully saturated rings. The molecule has 0 bridgehead atoms. The minimum atomic E-state index is -0.449. The Labute approximate surface area is 105 Å². The van der Waals surface area contributed by atoms with Crippen LogP contribution in [0, 0.1) is 15.5 Å². The Morgan fingerprint density at radius 1 is 1.28 bits per heavy atom. The van der Waals surface area contributed by atoms with E-state index in [1.807, 2.05) is 20.8 Å². The Balaban J connectivity index is 2.08. The minimum Gasteiger partial charge on any atom is -0.356 e. The van der Waals surface area contributed by atoms with Gasteiger partial charge in [0.25, 0.3) is 5.69 Å². The van der Waals surface area contributed by atoms with Crippen LogP contribution in [0.5, 0.6) is 0 Å². The summed E-state index contributed by atoms with van der Waals surface area (Å²) in [5.74, 6) is 0.0610. The van der Waals surface area contributed by atoms with Gasteiger partial charge in [-0.25, -0.2) is 0 Å². The zero-order valence-electron chi connectivity index (χ0n) is 10.5. The Hall–Kier alpha value is -1.75. The second-order valence-corrected chi connectivity index (χ2v) is 5.44. The highest BCUT2D eigenvalue weighted by Crippen LogP contribution is 2.42. The van der Waals surface area contributed by atoms with E-state index in [0.29, 0.717) is 0 Å². The van der Waals surface area contributed by atoms with Crippen molar-refractivity contribution in [2.24, 2.45) is 5.41 Å². The number of nitro benzene ring substituents is 1. The smallest absolute Gasteiger partial charge is 0.269 e. The van der Waals surface area contributed by atoms with E-state index in [4.69, 9.17) is 4.74 Å². The lowest BCUT2D eigenvalue weighted by Gasteiger charge is -2.14. The lowest BCUT2D eigenvalue weighted by molar-refractivity contribution is -0.384. The molecule has 2 rings (SSSR count). The van der Waals surface area contributed by atoms with Crippen molar-refractivity contribution in [1.82, 2.24) is 0 Å². The van der Waals surface area contributed by atoms with Crippen molar-refractivity contribution in [3.8, 4) is 0 Å². The molecule has 0 unspecified atom stereocenters. The van der Waals surface area contributed by atoms with Crippen LogP contribution in [0.15, 0.2) is 24.3 Å². The van der Waals surface area contributed by atoms with E-state index in [2.05, 4.69) is 0 Å². The van der Waals surface area contributed by atoms with Crippen molar-refractivity contribution in [3.05, 3.63) is 39.9 Å². The standard InChI is InChI=1S/C13H15NO4/c1-13(2,3)12(15)11-10(18-11)8-4-6-9(7-5-8)14(16)17/h4-7,10-11H,1-3H3/t10-,11-/m1/s1. The zero-order valence-corrected chi connectivity index (χ0v) is 10.5. The van der Waals surface area contributed by atoms with Crippen molar-refractivity contribution >= 4 is 11.5 Å². The predicted molar refractivity (Wildman–Crippen MR) is 65.2 cm³/mol. The number of ether oxygens (including phenoxy) is 1. The van der Waals surface area contributed by atoms with Crippen LogP contribution in [0.2, 0.25) is 0 Å². The molecule has 1 saturated heterocycles. The number of hydrogen-bond donors (Lipinski definition) is 0. The number of carbonyl (C=O) groups is 1. The molecule has 0 N–H and O–H groups in total. The number of hydrogen-bond acceptors (Lipinski definition) is 4. The maximum Gasteiger partial charge on any atom is 0.269 e. The maximum atomic E-state index is 12.0. The van der Waals surface area contributed by atoms with Crippen molar-refractivity contribution in [1.29, 1.82) is 0 Å². The molecule has 1 heterocycles. The summed E-state index contributed by atoms with van der Waals surface area (Å²) in [4.78, 5) is 22.0. The average Bonchev–Trinajstić information content (AvgIpc) is 3.06. The molecule has 0 spiro atoms. The van der Waals surface area contributed by atoms with Gasteiger partial charge in [0, 0.05) is 17.5 Å². The number of ketones is 1. The summed E-state index contributed by atoms with van der Waals surface area (Å²) in [6.07, 6.45) is -0.663. The molecule has 2 atom stereocenters. The number of epoxide rings is 1. The van der Waals surface area contributed by atoms with E-state index < -0.39 is 16.4 Å². The molecule has 0 radical (unpaired) electrons. The third-order valence-corrected chi connectivity index (χ3v) is 2.92. The van der Waals surface area contributed by atoms with Crippen LogP contribution in [0.25, 0.3) is 0 Å². The first-order valence-corrected chi connectivity index (χ1v) is 5.75. The average molecular weight is 249 g/mol. The zero-order chi connectivity index (χ0) is 13.5. The summed E-state index contributed by atoms with van der Waals surface area (Å²) in [7, 11) is 0. The van der Waals surface area contributed by atoms with E-state index in [1.165, 1.54) is 12.1 Å². The number of rotatable bonds is 3. The predicted octanol–water partition coefficient (Wildman–Crippen LogP) is 2.65. The number of nitro groups is 1. The SMILES string of the molecule is CC(C)(C)C(=O)[C@@H]1O[C@@H]1c1ccc([N+](=O)[O-])cc1. The first kappa shape index (κ1) is 12.7. The molecule has 0 aromatic heterocycles. The van der Waals surface area contributed by atoms with Crippen LogP contribution in [-0.2, 0) is 9.53 Å². The Morgan fingerprint density at radius 3 is 2.28 bits per heavy atom. The van der Waals surface area contributed by atoms with Gasteiger partial charge in [-0.1, -0.05) is 20.8 Å². The van der Waals surface area contributed by atoms with Gasteiger partial charge >= 0.3 is 0 Å². The second-order valence-electron chi connectivity index (χ2n) is 5.44. The molecule has 96 valence electrons. The van der Waals surface area contributed by atoms with E-state index in [-0.39, 0.29) is 17.6 Å². The first-order valence-electron chi connectivity index (χ1n) is 5.75. The van der Waals surface area contributed by atoms with Crippen LogP contribution in [0.4, 0.5) is 5.69 Å². The van der Waals surface area contributed by atoms with Crippen molar-refractivity contribution in [2.45, 2.75) is 33.0 Å². The fourth-order valence-electron chi connectivity index (χ4n) is 1.78. The lowest BCUT2D eigenvalue weighted by atomic mass is 9.87. The summed E-state index contributed by atoms with van der Waals surface area (Å²) in [6, 6.07) is 6.13. The van der Waals surface area contributed by atoms with Gasteiger partial charge in [-0.2, -0.15) is 0 Å². The summed E-state index contributed by atoms with van der Waals surface area (Å²) in [5.41, 5.74) is 0.418. The van der Waals surface area contributed by atoms with Gasteiger partial charge in [0.15, 0.2) is 5.78 Å². The molecular weight excluding hydrogens is 234 g/mol. The molecule has 0 saturated carbocycles. The second kappa shape index (κ2) is 4.17. The van der Waals surface area contributed by atoms with Crippen molar-refractivity contribution in [2.75, 3.05) is 0 Å². The number of Topliss-reactive ketones (excluding diaryl/α,β-unsaturated/α-hetero) is 1. The Morgan fingerprint density at radius 2 is 1.83 bits per heavy atom. The summed E-state index contributed by atoms with van der Waals surface area (Å²) in [6.45, 7) is 5.55. The molecule has 1 aliphatic rings. The van der Waals surface area contributed by atoms with Gasteiger partial charge < -0.3 is 4.74 Å². The summed E-state index contributed by atoms with van der Waals surface area (Å²) >= 11 is 0. The number of carbonyl (C=O) groups excluding carboxylic acids is 1. The largest absolute Gasteiger partial charge is 0.356 e. The van der Waals surface area contributed by atoms with Gasteiger partial charge in [-0.15, -0.1) is 0 Å². The first-order chi connectivity index (χ1) is 8.30. The summed E-state index contributed by atoms with van der Waals surface area (Å²) < 4.78 is 5.37. The van der Waals surface area contributed by atoms with E-state index >= 15 is 0 Å². The molecule has 1 aromatic carbocycles. The third kappa shape index (κ3) is 2.41. The van der Waals surface area contributed by atoms with Gasteiger partial charge in [0.1, 0.15) is 12.2 Å². The monoisotopic (exact) mass is 249 g/mol. The van der Waals surface area contributed by atoms with Crippen LogP contribution in [0.3, 0.4) is 0 Å². The van der Waals surface area contributed by atoms with Gasteiger partial charge in [0.05, 0.1) is 4.92 Å². The molecule has 1 aliphatic heterocycles.